The molecule has 3 fully saturated rings. The summed E-state index contributed by atoms with van der Waals surface area (Å²) in [6, 6.07) is 5.11. The normalized spacial score (nSPS) is 20.8. The third-order valence-corrected chi connectivity index (χ3v) is 9.78. The molecule has 1 amide bonds. The van der Waals surface area contributed by atoms with Gasteiger partial charge < -0.3 is 5.11 Å². The molecule has 184 valence electrons. The standard InChI is InChI=1S/C25H26N2O6S2/c28-12-22(30)21-13-34-25(26-21)27-24(31)20(10-14-1-5-17(29)9-14)16-4-8-23(19(11-16)15-2-3-15)35(32,33)18-6-7-18/h4,8,10-11,13-15,18,28H,1-3,5-7,9,12H2,(H,26,27,31)/b20-10+/t14-/m0/s1. The number of aliphatic hydroxyl groups excluding tert-OH is 1. The Labute approximate surface area is 207 Å². The second kappa shape index (κ2) is 9.40. The predicted octanol–water partition coefficient (Wildman–Crippen LogP) is 3.52. The Kier molecular flexibility index (Phi) is 6.45. The maximum Gasteiger partial charge on any atom is 0.257 e. The van der Waals surface area contributed by atoms with Crippen LogP contribution < -0.4 is 5.32 Å². The molecule has 2 aromatic rings. The van der Waals surface area contributed by atoms with Crippen molar-refractivity contribution in [3.8, 4) is 0 Å². The molecular weight excluding hydrogens is 488 g/mol. The van der Waals surface area contributed by atoms with Crippen LogP contribution in [-0.4, -0.2) is 47.8 Å². The number of aromatic nitrogens is 1. The van der Waals surface area contributed by atoms with Crippen LogP contribution in [0.25, 0.3) is 5.57 Å². The van der Waals surface area contributed by atoms with E-state index in [0.29, 0.717) is 48.1 Å². The zero-order valence-corrected chi connectivity index (χ0v) is 20.7. The summed E-state index contributed by atoms with van der Waals surface area (Å²) in [7, 11) is -3.38. The average Bonchev–Trinajstić information content (AvgIpc) is 3.77. The van der Waals surface area contributed by atoms with E-state index in [4.69, 9.17) is 5.11 Å². The molecular formula is C25H26N2O6S2. The Hall–Kier alpha value is -2.69. The Bertz CT molecular complexity index is 1340. The van der Waals surface area contributed by atoms with E-state index in [-0.39, 0.29) is 33.7 Å². The summed E-state index contributed by atoms with van der Waals surface area (Å²) in [4.78, 5) is 41.4. The van der Waals surface area contributed by atoms with Crippen LogP contribution in [0.3, 0.4) is 0 Å². The highest BCUT2D eigenvalue weighted by molar-refractivity contribution is 7.92. The zero-order chi connectivity index (χ0) is 24.7. The molecule has 8 nitrogen and oxygen atoms in total. The lowest BCUT2D eigenvalue weighted by Gasteiger charge is -2.15. The molecule has 0 aliphatic heterocycles. The highest BCUT2D eigenvalue weighted by Gasteiger charge is 2.40. The number of nitrogens with one attached hydrogen (secondary N) is 1. The van der Waals surface area contributed by atoms with Crippen LogP contribution in [0, 0.1) is 5.92 Å². The Balaban J connectivity index is 1.49. The van der Waals surface area contributed by atoms with Gasteiger partial charge >= 0.3 is 0 Å². The van der Waals surface area contributed by atoms with Crippen LogP contribution in [0.4, 0.5) is 5.13 Å². The van der Waals surface area contributed by atoms with Crippen LogP contribution in [0.2, 0.25) is 0 Å². The second-order valence-electron chi connectivity index (χ2n) is 9.47. The smallest absolute Gasteiger partial charge is 0.257 e. The molecule has 1 aromatic heterocycles. The summed E-state index contributed by atoms with van der Waals surface area (Å²) in [5, 5.41) is 13.1. The van der Waals surface area contributed by atoms with Gasteiger partial charge in [0.1, 0.15) is 18.1 Å². The number of hydrogen-bond donors (Lipinski definition) is 2. The first kappa shape index (κ1) is 24.0. The van der Waals surface area contributed by atoms with Gasteiger partial charge in [0.15, 0.2) is 15.0 Å². The number of sulfone groups is 1. The third-order valence-electron chi connectivity index (χ3n) is 6.69. The van der Waals surface area contributed by atoms with E-state index in [1.165, 1.54) is 5.38 Å². The molecule has 3 aliphatic carbocycles. The molecule has 0 bridgehead atoms. The summed E-state index contributed by atoms with van der Waals surface area (Å²) < 4.78 is 26.0. The fourth-order valence-electron chi connectivity index (χ4n) is 4.47. The molecule has 3 aliphatic rings. The van der Waals surface area contributed by atoms with Crippen LogP contribution >= 0.6 is 11.3 Å². The summed E-state index contributed by atoms with van der Waals surface area (Å²) in [6.07, 6.45) is 6.51. The van der Waals surface area contributed by atoms with Crippen molar-refractivity contribution in [3.05, 3.63) is 46.5 Å². The van der Waals surface area contributed by atoms with Crippen molar-refractivity contribution < 1.29 is 27.9 Å². The molecule has 0 radical (unpaired) electrons. The minimum Gasteiger partial charge on any atom is -0.388 e. The summed E-state index contributed by atoms with van der Waals surface area (Å²) in [6.45, 7) is -0.669. The number of Topliss-reactive ketones (excluding diaryl/α,β-unsaturated/α-hetero) is 2. The second-order valence-corrected chi connectivity index (χ2v) is 12.5. The van der Waals surface area contributed by atoms with E-state index < -0.39 is 28.1 Å². The van der Waals surface area contributed by atoms with Gasteiger partial charge in [-0.25, -0.2) is 13.4 Å². The summed E-state index contributed by atoms with van der Waals surface area (Å²) in [5.74, 6) is -0.737. The van der Waals surface area contributed by atoms with Gasteiger partial charge in [-0.05, 0) is 67.2 Å². The maximum atomic E-state index is 13.4. The first-order valence-electron chi connectivity index (χ1n) is 11.8. The molecule has 0 spiro atoms. The minimum absolute atomic E-state index is 0.0744. The third kappa shape index (κ3) is 5.14. The van der Waals surface area contributed by atoms with E-state index in [2.05, 4.69) is 10.3 Å². The number of nitrogens with zero attached hydrogens (tertiary/aromatic N) is 1. The number of anilines is 1. The largest absolute Gasteiger partial charge is 0.388 e. The molecule has 1 atom stereocenters. The topological polar surface area (TPSA) is 130 Å². The van der Waals surface area contributed by atoms with Crippen molar-refractivity contribution in [1.29, 1.82) is 0 Å². The number of hydrogen-bond acceptors (Lipinski definition) is 8. The first-order valence-corrected chi connectivity index (χ1v) is 14.2. The quantitative estimate of drug-likeness (QED) is 0.387. The van der Waals surface area contributed by atoms with E-state index in [0.717, 1.165) is 29.7 Å². The van der Waals surface area contributed by atoms with Gasteiger partial charge in [0.05, 0.1) is 10.1 Å². The molecule has 0 unspecified atom stereocenters. The fraction of sp³-hybridized carbons (Fsp3) is 0.440. The number of aliphatic hydroxyl groups is 1. The van der Waals surface area contributed by atoms with E-state index in [9.17, 15) is 22.8 Å². The minimum atomic E-state index is -3.38. The number of benzene rings is 1. The number of rotatable bonds is 9. The monoisotopic (exact) mass is 514 g/mol. The van der Waals surface area contributed by atoms with Crippen molar-refractivity contribution in [2.45, 2.75) is 61.0 Å². The van der Waals surface area contributed by atoms with Crippen LogP contribution in [0.5, 0.6) is 0 Å². The van der Waals surface area contributed by atoms with Gasteiger partial charge in [-0.1, -0.05) is 12.1 Å². The highest BCUT2D eigenvalue weighted by atomic mass is 32.2. The van der Waals surface area contributed by atoms with Gasteiger partial charge in [-0.15, -0.1) is 11.3 Å². The van der Waals surface area contributed by atoms with Crippen molar-refractivity contribution in [1.82, 2.24) is 4.98 Å². The number of ketones is 2. The Morgan fingerprint density at radius 1 is 1.17 bits per heavy atom. The predicted molar refractivity (Wildman–Crippen MR) is 131 cm³/mol. The number of carbonyl (C=O) groups excluding carboxylic acids is 3. The number of carbonyl (C=O) groups is 3. The van der Waals surface area contributed by atoms with Crippen LogP contribution in [0.1, 0.15) is 72.5 Å². The van der Waals surface area contributed by atoms with Crippen LogP contribution in [0.15, 0.2) is 34.6 Å². The van der Waals surface area contributed by atoms with Crippen molar-refractivity contribution >= 4 is 49.4 Å². The average molecular weight is 515 g/mol. The lowest BCUT2D eigenvalue weighted by atomic mass is 9.96. The van der Waals surface area contributed by atoms with Crippen molar-refractivity contribution in [2.75, 3.05) is 11.9 Å². The SMILES string of the molecule is O=C1CC[C@H](/C=C(/C(=O)Nc2nc(C(=O)CO)cs2)c2ccc(S(=O)(=O)C3CC3)c(C3CC3)c2)C1. The molecule has 2 N–H and O–H groups in total. The zero-order valence-electron chi connectivity index (χ0n) is 19.0. The van der Waals surface area contributed by atoms with Crippen molar-refractivity contribution in [2.24, 2.45) is 5.92 Å². The molecule has 10 heteroatoms. The van der Waals surface area contributed by atoms with Gasteiger partial charge in [-0.3, -0.25) is 19.7 Å². The first-order chi connectivity index (χ1) is 16.8. The molecule has 35 heavy (non-hydrogen) atoms. The summed E-state index contributed by atoms with van der Waals surface area (Å²) in [5.41, 5.74) is 1.79. The number of allylic oxidation sites excluding steroid dienone is 1. The summed E-state index contributed by atoms with van der Waals surface area (Å²) >= 11 is 1.08. The van der Waals surface area contributed by atoms with Crippen LogP contribution in [-0.2, 0) is 19.4 Å². The van der Waals surface area contributed by atoms with E-state index in [1.54, 1.807) is 18.2 Å². The van der Waals surface area contributed by atoms with Gasteiger partial charge in [0.25, 0.3) is 5.91 Å². The van der Waals surface area contributed by atoms with Crippen molar-refractivity contribution in [3.63, 3.8) is 0 Å². The molecule has 5 rings (SSSR count). The van der Waals surface area contributed by atoms with Gasteiger partial charge in [-0.2, -0.15) is 0 Å². The lowest BCUT2D eigenvalue weighted by molar-refractivity contribution is -0.117. The maximum absolute atomic E-state index is 13.4. The number of amides is 1. The molecule has 1 aromatic carbocycles. The Morgan fingerprint density at radius 3 is 2.57 bits per heavy atom. The molecule has 0 saturated heterocycles. The highest BCUT2D eigenvalue weighted by Crippen LogP contribution is 2.46. The molecule has 1 heterocycles. The van der Waals surface area contributed by atoms with Gasteiger partial charge in [0, 0.05) is 23.8 Å². The molecule has 3 saturated carbocycles. The van der Waals surface area contributed by atoms with Gasteiger partial charge in [0.2, 0.25) is 5.78 Å². The lowest BCUT2D eigenvalue weighted by Crippen LogP contribution is -2.16. The van der Waals surface area contributed by atoms with E-state index in [1.807, 2.05) is 6.07 Å². The Morgan fingerprint density at radius 2 is 1.94 bits per heavy atom. The fourth-order valence-corrected chi connectivity index (χ4v) is 7.11. The van der Waals surface area contributed by atoms with E-state index >= 15 is 0 Å². The number of thiazole rings is 1.